The number of H-pyrrole nitrogens is 1. The molecule has 3 aromatic rings. The summed E-state index contributed by atoms with van der Waals surface area (Å²) < 4.78 is 11.0. The van der Waals surface area contributed by atoms with Crippen LogP contribution in [0.15, 0.2) is 54.6 Å². The number of benzene rings is 2. The zero-order chi connectivity index (χ0) is 21.6. The fraction of sp³-hybridized carbons (Fsp3) is 0.333. The van der Waals surface area contributed by atoms with E-state index < -0.39 is 0 Å². The van der Waals surface area contributed by atoms with Crippen molar-refractivity contribution < 1.29 is 14.3 Å². The normalized spacial score (nSPS) is 14.3. The largest absolute Gasteiger partial charge is 0.497 e. The van der Waals surface area contributed by atoms with E-state index in [0.717, 1.165) is 60.2 Å². The van der Waals surface area contributed by atoms with Gasteiger partial charge in [0.1, 0.15) is 11.5 Å². The number of hydrogen-bond acceptors (Lipinski definition) is 5. The average molecular weight is 421 g/mol. The van der Waals surface area contributed by atoms with Gasteiger partial charge in [-0.3, -0.25) is 9.89 Å². The minimum atomic E-state index is 0.0195. The van der Waals surface area contributed by atoms with Gasteiger partial charge in [0.15, 0.2) is 12.4 Å². The number of methoxy groups -OCH3 is 1. The molecule has 0 saturated carbocycles. The SMILES string of the molecule is COc1ccc(-c2cc(N3CCCN(C(=O)COc4ccccc4C)CC3)n[nH]2)cc1. The lowest BCUT2D eigenvalue weighted by Gasteiger charge is -2.22. The van der Waals surface area contributed by atoms with E-state index in [0.29, 0.717) is 6.54 Å². The van der Waals surface area contributed by atoms with Gasteiger partial charge in [0.25, 0.3) is 5.91 Å². The van der Waals surface area contributed by atoms with Crippen LogP contribution in [0.25, 0.3) is 11.3 Å². The topological polar surface area (TPSA) is 70.7 Å². The number of para-hydroxylation sites is 1. The van der Waals surface area contributed by atoms with Gasteiger partial charge in [0.05, 0.1) is 12.8 Å². The molecule has 31 heavy (non-hydrogen) atoms. The van der Waals surface area contributed by atoms with Gasteiger partial charge in [0, 0.05) is 32.2 Å². The first kappa shape index (κ1) is 20.8. The van der Waals surface area contributed by atoms with Gasteiger partial charge >= 0.3 is 0 Å². The van der Waals surface area contributed by atoms with E-state index in [4.69, 9.17) is 9.47 Å². The van der Waals surface area contributed by atoms with E-state index in [1.54, 1.807) is 7.11 Å². The minimum Gasteiger partial charge on any atom is -0.497 e. The molecule has 1 aliphatic heterocycles. The van der Waals surface area contributed by atoms with Gasteiger partial charge in [0.2, 0.25) is 0 Å². The van der Waals surface area contributed by atoms with Gasteiger partial charge in [-0.25, -0.2) is 0 Å². The second-order valence-corrected chi connectivity index (χ2v) is 7.64. The zero-order valence-electron chi connectivity index (χ0n) is 18.0. The summed E-state index contributed by atoms with van der Waals surface area (Å²) in [5.74, 6) is 2.50. The van der Waals surface area contributed by atoms with E-state index >= 15 is 0 Å². The van der Waals surface area contributed by atoms with E-state index in [9.17, 15) is 4.79 Å². The van der Waals surface area contributed by atoms with Crippen molar-refractivity contribution in [3.05, 3.63) is 60.2 Å². The number of hydrogen-bond donors (Lipinski definition) is 1. The third-order valence-electron chi connectivity index (χ3n) is 5.58. The van der Waals surface area contributed by atoms with E-state index in [1.165, 1.54) is 0 Å². The summed E-state index contributed by atoms with van der Waals surface area (Å²) in [6.45, 7) is 5.02. The van der Waals surface area contributed by atoms with Crippen LogP contribution in [0.1, 0.15) is 12.0 Å². The molecule has 1 aliphatic rings. The van der Waals surface area contributed by atoms with Crippen LogP contribution < -0.4 is 14.4 Å². The molecule has 162 valence electrons. The number of anilines is 1. The van der Waals surface area contributed by atoms with Gasteiger partial charge in [-0.05, 0) is 54.8 Å². The van der Waals surface area contributed by atoms with Gasteiger partial charge < -0.3 is 19.3 Å². The first-order valence-corrected chi connectivity index (χ1v) is 10.5. The number of carbonyl (C=O) groups is 1. The Kier molecular flexibility index (Phi) is 6.40. The molecule has 2 heterocycles. The minimum absolute atomic E-state index is 0.0195. The van der Waals surface area contributed by atoms with E-state index in [1.807, 2.05) is 60.4 Å². The van der Waals surface area contributed by atoms with Crippen LogP contribution in [0.3, 0.4) is 0 Å². The molecular weight excluding hydrogens is 392 g/mol. The summed E-state index contributed by atoms with van der Waals surface area (Å²) >= 11 is 0. The number of nitrogens with zero attached hydrogens (tertiary/aromatic N) is 3. The second kappa shape index (κ2) is 9.55. The number of rotatable bonds is 6. The van der Waals surface area contributed by atoms with Crippen LogP contribution in [-0.4, -0.2) is 60.9 Å². The molecule has 1 aromatic heterocycles. The number of ether oxygens (including phenoxy) is 2. The summed E-state index contributed by atoms with van der Waals surface area (Å²) in [6, 6.07) is 17.7. The lowest BCUT2D eigenvalue weighted by Crippen LogP contribution is -2.38. The molecule has 1 fully saturated rings. The summed E-state index contributed by atoms with van der Waals surface area (Å²) in [5, 5.41) is 7.62. The van der Waals surface area contributed by atoms with Crippen molar-refractivity contribution in [3.63, 3.8) is 0 Å². The zero-order valence-corrected chi connectivity index (χ0v) is 18.0. The quantitative estimate of drug-likeness (QED) is 0.661. The van der Waals surface area contributed by atoms with Crippen LogP contribution >= 0.6 is 0 Å². The number of aromatic nitrogens is 2. The first-order valence-electron chi connectivity index (χ1n) is 10.5. The smallest absolute Gasteiger partial charge is 0.260 e. The maximum Gasteiger partial charge on any atom is 0.260 e. The molecule has 4 rings (SSSR count). The Morgan fingerprint density at radius 2 is 1.87 bits per heavy atom. The van der Waals surface area contributed by atoms with Crippen molar-refractivity contribution in [3.8, 4) is 22.8 Å². The number of carbonyl (C=O) groups excluding carboxylic acids is 1. The Bertz CT molecular complexity index is 1020. The maximum atomic E-state index is 12.7. The van der Waals surface area contributed by atoms with Gasteiger partial charge in [-0.2, -0.15) is 5.10 Å². The highest BCUT2D eigenvalue weighted by Crippen LogP contribution is 2.24. The van der Waals surface area contributed by atoms with Crippen LogP contribution in [0, 0.1) is 6.92 Å². The molecule has 0 radical (unpaired) electrons. The standard InChI is InChI=1S/C24H28N4O3/c1-18-6-3-4-7-22(18)31-17-24(29)28-13-5-12-27(14-15-28)23-16-21(25-26-23)19-8-10-20(30-2)11-9-19/h3-4,6-11,16H,5,12-15,17H2,1-2H3,(H,25,26). The molecule has 1 N–H and O–H groups in total. The van der Waals surface area contributed by atoms with Crippen molar-refractivity contribution in [2.24, 2.45) is 0 Å². The fourth-order valence-electron chi connectivity index (χ4n) is 3.74. The third kappa shape index (κ3) is 4.99. The predicted octanol–water partition coefficient (Wildman–Crippen LogP) is 3.51. The van der Waals surface area contributed by atoms with Crippen molar-refractivity contribution in [1.82, 2.24) is 15.1 Å². The molecule has 0 bridgehead atoms. The molecule has 0 unspecified atom stereocenters. The number of nitrogens with one attached hydrogen (secondary N) is 1. The average Bonchev–Trinajstić information content (AvgIpc) is 3.16. The molecule has 1 saturated heterocycles. The van der Waals surface area contributed by atoms with Gasteiger partial charge in [-0.15, -0.1) is 0 Å². The van der Waals surface area contributed by atoms with Crippen molar-refractivity contribution in [1.29, 1.82) is 0 Å². The van der Waals surface area contributed by atoms with Crippen LogP contribution in [0.2, 0.25) is 0 Å². The first-order chi connectivity index (χ1) is 15.1. The summed E-state index contributed by atoms with van der Waals surface area (Å²) in [4.78, 5) is 16.8. The lowest BCUT2D eigenvalue weighted by atomic mass is 10.1. The summed E-state index contributed by atoms with van der Waals surface area (Å²) in [6.07, 6.45) is 0.890. The molecule has 0 atom stereocenters. The highest BCUT2D eigenvalue weighted by Gasteiger charge is 2.21. The predicted molar refractivity (Wildman–Crippen MR) is 121 cm³/mol. The molecule has 2 aromatic carbocycles. The fourth-order valence-corrected chi connectivity index (χ4v) is 3.74. The number of aromatic amines is 1. The monoisotopic (exact) mass is 420 g/mol. The molecule has 7 nitrogen and oxygen atoms in total. The lowest BCUT2D eigenvalue weighted by molar-refractivity contribution is -0.133. The molecule has 0 spiro atoms. The summed E-state index contributed by atoms with van der Waals surface area (Å²) in [5.41, 5.74) is 3.05. The van der Waals surface area contributed by atoms with E-state index in [-0.39, 0.29) is 12.5 Å². The third-order valence-corrected chi connectivity index (χ3v) is 5.58. The Hall–Kier alpha value is -3.48. The Morgan fingerprint density at radius 1 is 1.06 bits per heavy atom. The Balaban J connectivity index is 1.34. The van der Waals surface area contributed by atoms with Crippen LogP contribution in [0.5, 0.6) is 11.5 Å². The highest BCUT2D eigenvalue weighted by atomic mass is 16.5. The second-order valence-electron chi connectivity index (χ2n) is 7.64. The molecule has 7 heteroatoms. The van der Waals surface area contributed by atoms with E-state index in [2.05, 4.69) is 21.2 Å². The highest BCUT2D eigenvalue weighted by molar-refractivity contribution is 5.78. The Morgan fingerprint density at radius 3 is 2.65 bits per heavy atom. The number of aryl methyl sites for hydroxylation is 1. The summed E-state index contributed by atoms with van der Waals surface area (Å²) in [7, 11) is 1.66. The van der Waals surface area contributed by atoms with Crippen LogP contribution in [-0.2, 0) is 4.79 Å². The molecule has 1 amide bonds. The van der Waals surface area contributed by atoms with Crippen molar-refractivity contribution in [2.45, 2.75) is 13.3 Å². The van der Waals surface area contributed by atoms with Crippen molar-refractivity contribution in [2.75, 3.05) is 44.8 Å². The van der Waals surface area contributed by atoms with Crippen LogP contribution in [0.4, 0.5) is 5.82 Å². The Labute approximate surface area is 182 Å². The van der Waals surface area contributed by atoms with Gasteiger partial charge in [-0.1, -0.05) is 18.2 Å². The number of amides is 1. The molecular formula is C24H28N4O3. The van der Waals surface area contributed by atoms with Crippen molar-refractivity contribution >= 4 is 11.7 Å². The maximum absolute atomic E-state index is 12.7. The molecule has 0 aliphatic carbocycles.